The Morgan fingerprint density at radius 1 is 1.10 bits per heavy atom. The van der Waals surface area contributed by atoms with Crippen molar-refractivity contribution in [3.8, 4) is 0 Å². The molecular formula is C22H24N4O3. The fraction of sp³-hybridized carbons (Fsp3) is 0.318. The second kappa shape index (κ2) is 8.87. The van der Waals surface area contributed by atoms with Gasteiger partial charge in [-0.2, -0.15) is 0 Å². The van der Waals surface area contributed by atoms with Gasteiger partial charge in [-0.1, -0.05) is 6.07 Å². The molecule has 7 heteroatoms. The summed E-state index contributed by atoms with van der Waals surface area (Å²) in [4.78, 5) is 28.8. The molecular weight excluding hydrogens is 368 g/mol. The molecule has 150 valence electrons. The molecule has 1 saturated heterocycles. The van der Waals surface area contributed by atoms with E-state index in [-0.39, 0.29) is 11.8 Å². The van der Waals surface area contributed by atoms with Gasteiger partial charge in [0, 0.05) is 56.0 Å². The molecule has 0 bridgehead atoms. The third-order valence-electron chi connectivity index (χ3n) is 5.15. The largest absolute Gasteiger partial charge is 0.381 e. The summed E-state index contributed by atoms with van der Waals surface area (Å²) in [5.74, 6) is 0.232. The summed E-state index contributed by atoms with van der Waals surface area (Å²) in [6, 6.07) is 10.8. The normalized spacial score (nSPS) is 14.6. The van der Waals surface area contributed by atoms with Gasteiger partial charge in [-0.25, -0.2) is 4.98 Å². The first-order valence-electron chi connectivity index (χ1n) is 9.85. The number of pyridine rings is 1. The minimum atomic E-state index is -0.157. The number of imidazole rings is 1. The van der Waals surface area contributed by atoms with Crippen LogP contribution in [0.25, 0.3) is 5.65 Å². The maximum atomic E-state index is 12.4. The number of hydrogen-bond donors (Lipinski definition) is 2. The molecule has 2 amide bonds. The van der Waals surface area contributed by atoms with Gasteiger partial charge in [-0.3, -0.25) is 9.59 Å². The van der Waals surface area contributed by atoms with Crippen molar-refractivity contribution < 1.29 is 14.3 Å². The number of aromatic nitrogens is 2. The van der Waals surface area contributed by atoms with Crippen LogP contribution < -0.4 is 10.6 Å². The second-order valence-electron chi connectivity index (χ2n) is 7.30. The maximum Gasteiger partial charge on any atom is 0.251 e. The van der Waals surface area contributed by atoms with Gasteiger partial charge in [0.1, 0.15) is 5.65 Å². The minimum Gasteiger partial charge on any atom is -0.381 e. The van der Waals surface area contributed by atoms with Crippen LogP contribution in [0.3, 0.4) is 0 Å². The van der Waals surface area contributed by atoms with Crippen molar-refractivity contribution >= 4 is 23.1 Å². The van der Waals surface area contributed by atoms with Gasteiger partial charge in [0.05, 0.1) is 0 Å². The number of ether oxygens (including phenoxy) is 1. The van der Waals surface area contributed by atoms with Gasteiger partial charge in [0.15, 0.2) is 0 Å². The summed E-state index contributed by atoms with van der Waals surface area (Å²) < 4.78 is 7.24. The Kier molecular flexibility index (Phi) is 5.86. The van der Waals surface area contributed by atoms with Gasteiger partial charge >= 0.3 is 0 Å². The summed E-state index contributed by atoms with van der Waals surface area (Å²) >= 11 is 0. The Morgan fingerprint density at radius 2 is 1.90 bits per heavy atom. The van der Waals surface area contributed by atoms with Crippen molar-refractivity contribution in [2.75, 3.05) is 18.5 Å². The van der Waals surface area contributed by atoms with E-state index in [1.807, 2.05) is 28.9 Å². The molecule has 1 aromatic carbocycles. The van der Waals surface area contributed by atoms with E-state index in [0.29, 0.717) is 30.1 Å². The van der Waals surface area contributed by atoms with Gasteiger partial charge < -0.3 is 19.8 Å². The summed E-state index contributed by atoms with van der Waals surface area (Å²) in [7, 11) is 0. The molecule has 29 heavy (non-hydrogen) atoms. The summed E-state index contributed by atoms with van der Waals surface area (Å²) in [6.07, 6.45) is 7.92. The fourth-order valence-electron chi connectivity index (χ4n) is 3.48. The molecule has 7 nitrogen and oxygen atoms in total. The van der Waals surface area contributed by atoms with Crippen LogP contribution in [0, 0.1) is 5.92 Å². The highest BCUT2D eigenvalue weighted by molar-refractivity contribution is 5.95. The maximum absolute atomic E-state index is 12.4. The smallest absolute Gasteiger partial charge is 0.251 e. The van der Waals surface area contributed by atoms with Crippen molar-refractivity contribution in [3.05, 3.63) is 66.1 Å². The number of carbonyl (C=O) groups excluding carboxylic acids is 2. The fourth-order valence-corrected chi connectivity index (χ4v) is 3.48. The first-order valence-corrected chi connectivity index (χ1v) is 9.85. The number of carbonyl (C=O) groups is 2. The molecule has 0 saturated carbocycles. The monoisotopic (exact) mass is 392 g/mol. The molecule has 3 heterocycles. The molecule has 1 aliphatic heterocycles. The van der Waals surface area contributed by atoms with Crippen molar-refractivity contribution in [1.29, 1.82) is 0 Å². The zero-order valence-electron chi connectivity index (χ0n) is 16.1. The number of anilines is 1. The summed E-state index contributed by atoms with van der Waals surface area (Å²) in [5, 5.41) is 5.82. The molecule has 3 aromatic rings. The van der Waals surface area contributed by atoms with Gasteiger partial charge in [0.2, 0.25) is 5.91 Å². The topological polar surface area (TPSA) is 84.7 Å². The summed E-state index contributed by atoms with van der Waals surface area (Å²) in [6.45, 7) is 1.90. The van der Waals surface area contributed by atoms with Gasteiger partial charge in [-0.05, 0) is 54.7 Å². The van der Waals surface area contributed by atoms with E-state index < -0.39 is 0 Å². The predicted molar refractivity (Wildman–Crippen MR) is 110 cm³/mol. The van der Waals surface area contributed by atoms with E-state index in [0.717, 1.165) is 37.3 Å². The van der Waals surface area contributed by atoms with Crippen LogP contribution in [0.1, 0.15) is 35.2 Å². The Balaban J connectivity index is 1.28. The molecule has 0 aliphatic carbocycles. The predicted octanol–water partition coefficient (Wildman–Crippen LogP) is 3.02. The number of fused-ring (bicyclic) bond motifs is 1. The first-order chi connectivity index (χ1) is 14.2. The van der Waals surface area contributed by atoms with Gasteiger partial charge in [-0.15, -0.1) is 0 Å². The van der Waals surface area contributed by atoms with Crippen molar-refractivity contribution in [1.82, 2.24) is 14.7 Å². The molecule has 0 radical (unpaired) electrons. The lowest BCUT2D eigenvalue weighted by molar-refractivity contribution is -0.117. The van der Waals surface area contributed by atoms with Crippen LogP contribution in [-0.4, -0.2) is 34.4 Å². The highest BCUT2D eigenvalue weighted by Crippen LogP contribution is 2.19. The number of benzene rings is 1. The molecule has 0 unspecified atom stereocenters. The standard InChI is InChI=1S/C22H24N4O3/c27-21(13-16-7-11-29-12-8-16)25-19-4-2-18(3-5-19)22(28)24-14-17-1-6-20-23-9-10-26(20)15-17/h1-6,9-10,15-16H,7-8,11-14H2,(H,24,28)(H,25,27). The Hall–Kier alpha value is -3.19. The zero-order chi connectivity index (χ0) is 20.1. The van der Waals surface area contributed by atoms with Crippen molar-refractivity contribution in [2.45, 2.75) is 25.8 Å². The van der Waals surface area contributed by atoms with Crippen LogP contribution in [0.4, 0.5) is 5.69 Å². The Labute approximate surface area is 169 Å². The van der Waals surface area contributed by atoms with Crippen molar-refractivity contribution in [3.63, 3.8) is 0 Å². The van der Waals surface area contributed by atoms with Crippen LogP contribution >= 0.6 is 0 Å². The van der Waals surface area contributed by atoms with E-state index >= 15 is 0 Å². The number of amides is 2. The zero-order valence-corrected chi connectivity index (χ0v) is 16.1. The average Bonchev–Trinajstić information content (AvgIpc) is 3.21. The van der Waals surface area contributed by atoms with Crippen LogP contribution in [0.15, 0.2) is 55.0 Å². The average molecular weight is 392 g/mol. The van der Waals surface area contributed by atoms with E-state index in [1.165, 1.54) is 0 Å². The molecule has 4 rings (SSSR count). The lowest BCUT2D eigenvalue weighted by Gasteiger charge is -2.21. The number of hydrogen-bond acceptors (Lipinski definition) is 4. The quantitative estimate of drug-likeness (QED) is 0.675. The lowest BCUT2D eigenvalue weighted by Crippen LogP contribution is -2.23. The van der Waals surface area contributed by atoms with Crippen LogP contribution in [0.5, 0.6) is 0 Å². The molecule has 0 atom stereocenters. The summed E-state index contributed by atoms with van der Waals surface area (Å²) in [5.41, 5.74) is 3.11. The highest BCUT2D eigenvalue weighted by Gasteiger charge is 2.17. The lowest BCUT2D eigenvalue weighted by atomic mass is 9.96. The minimum absolute atomic E-state index is 0.00370. The third kappa shape index (κ3) is 5.00. The molecule has 1 fully saturated rings. The van der Waals surface area contributed by atoms with E-state index in [4.69, 9.17) is 4.74 Å². The Bertz CT molecular complexity index is 991. The van der Waals surface area contributed by atoms with Gasteiger partial charge in [0.25, 0.3) is 5.91 Å². The first kappa shape index (κ1) is 19.1. The van der Waals surface area contributed by atoms with E-state index in [1.54, 1.807) is 30.5 Å². The molecule has 2 N–H and O–H groups in total. The van der Waals surface area contributed by atoms with Crippen LogP contribution in [-0.2, 0) is 16.1 Å². The molecule has 1 aliphatic rings. The Morgan fingerprint density at radius 3 is 2.69 bits per heavy atom. The third-order valence-corrected chi connectivity index (χ3v) is 5.15. The number of nitrogens with one attached hydrogen (secondary N) is 2. The van der Waals surface area contributed by atoms with Crippen LogP contribution in [0.2, 0.25) is 0 Å². The molecule has 2 aromatic heterocycles. The molecule has 0 spiro atoms. The second-order valence-corrected chi connectivity index (χ2v) is 7.30. The van der Waals surface area contributed by atoms with E-state index in [9.17, 15) is 9.59 Å². The number of rotatable bonds is 6. The number of nitrogens with zero attached hydrogens (tertiary/aromatic N) is 2. The van der Waals surface area contributed by atoms with E-state index in [2.05, 4.69) is 15.6 Å². The SMILES string of the molecule is O=C(CC1CCOCC1)Nc1ccc(C(=O)NCc2ccc3nccn3c2)cc1. The highest BCUT2D eigenvalue weighted by atomic mass is 16.5. The van der Waals surface area contributed by atoms with Crippen molar-refractivity contribution in [2.24, 2.45) is 5.92 Å².